The lowest BCUT2D eigenvalue weighted by atomic mass is 9.93. The molecular weight excluding hydrogens is 202 g/mol. The van der Waals surface area contributed by atoms with Crippen molar-refractivity contribution in [1.29, 1.82) is 5.26 Å². The first kappa shape index (κ1) is 11.8. The van der Waals surface area contributed by atoms with Crippen LogP contribution in [0.15, 0.2) is 0 Å². The summed E-state index contributed by atoms with van der Waals surface area (Å²) in [6.45, 7) is 5.52. The maximum absolute atomic E-state index is 9.43. The highest BCUT2D eigenvalue weighted by atomic mass is 16.5. The molecule has 4 nitrogen and oxygen atoms in total. The van der Waals surface area contributed by atoms with Crippen molar-refractivity contribution in [1.82, 2.24) is 10.2 Å². The smallest absolute Gasteiger partial charge is 0.122 e. The summed E-state index contributed by atoms with van der Waals surface area (Å²) in [5.74, 6) is 0.539. The largest absolute Gasteiger partial charge is 0.379 e. The molecule has 4 heteroatoms. The normalized spacial score (nSPS) is 30.7. The highest BCUT2D eigenvalue weighted by Gasteiger charge is 2.46. The Morgan fingerprint density at radius 2 is 2.31 bits per heavy atom. The molecule has 90 valence electrons. The third kappa shape index (κ3) is 2.22. The third-order valence-electron chi connectivity index (χ3n) is 3.88. The van der Waals surface area contributed by atoms with Gasteiger partial charge < -0.3 is 10.1 Å². The lowest BCUT2D eigenvalue weighted by molar-refractivity contribution is -0.0100. The second-order valence-corrected chi connectivity index (χ2v) is 5.00. The summed E-state index contributed by atoms with van der Waals surface area (Å²) < 4.78 is 5.42. The van der Waals surface area contributed by atoms with E-state index in [9.17, 15) is 5.26 Å². The number of hydrogen-bond acceptors (Lipinski definition) is 4. The number of nitrogens with zero attached hydrogens (tertiary/aromatic N) is 2. The van der Waals surface area contributed by atoms with E-state index in [1.807, 2.05) is 7.05 Å². The summed E-state index contributed by atoms with van der Waals surface area (Å²) in [6, 6.07) is 2.93. The molecule has 0 aromatic carbocycles. The topological polar surface area (TPSA) is 48.3 Å². The molecule has 2 atom stereocenters. The van der Waals surface area contributed by atoms with Crippen molar-refractivity contribution in [2.75, 3.05) is 33.4 Å². The average molecular weight is 223 g/mol. The van der Waals surface area contributed by atoms with E-state index in [2.05, 4.69) is 23.2 Å². The fourth-order valence-corrected chi connectivity index (χ4v) is 2.49. The number of ether oxygens (including phenoxy) is 1. The molecule has 0 bridgehead atoms. The monoisotopic (exact) mass is 223 g/mol. The van der Waals surface area contributed by atoms with Crippen molar-refractivity contribution in [3.63, 3.8) is 0 Å². The fourth-order valence-electron chi connectivity index (χ4n) is 2.49. The molecule has 1 aliphatic carbocycles. The van der Waals surface area contributed by atoms with Crippen molar-refractivity contribution in [3.05, 3.63) is 0 Å². The maximum Gasteiger partial charge on any atom is 0.122 e. The second-order valence-electron chi connectivity index (χ2n) is 5.00. The molecule has 0 amide bonds. The molecule has 1 heterocycles. The minimum absolute atomic E-state index is 0.342. The highest BCUT2D eigenvalue weighted by Crippen LogP contribution is 2.40. The number of nitriles is 1. The van der Waals surface area contributed by atoms with Crippen molar-refractivity contribution in [2.45, 2.75) is 31.3 Å². The van der Waals surface area contributed by atoms with E-state index in [-0.39, 0.29) is 5.54 Å². The number of rotatable bonds is 4. The first-order valence-corrected chi connectivity index (χ1v) is 6.14. The molecule has 0 spiro atoms. The predicted octanol–water partition coefficient (Wildman–Crippen LogP) is 0.599. The zero-order valence-corrected chi connectivity index (χ0v) is 10.2. The highest BCUT2D eigenvalue weighted by molar-refractivity contribution is 5.16. The number of likely N-dealkylation sites (N-methyl/N-ethyl adjacent to an activating group) is 1. The molecule has 2 rings (SSSR count). The molecular formula is C12H21N3O. The van der Waals surface area contributed by atoms with E-state index in [0.29, 0.717) is 12.0 Å². The van der Waals surface area contributed by atoms with Crippen LogP contribution in [0.2, 0.25) is 0 Å². The van der Waals surface area contributed by atoms with Crippen LogP contribution < -0.4 is 5.32 Å². The number of hydrogen-bond donors (Lipinski definition) is 1. The number of nitrogens with one attached hydrogen (secondary N) is 1. The van der Waals surface area contributed by atoms with E-state index in [1.54, 1.807) is 0 Å². The summed E-state index contributed by atoms with van der Waals surface area (Å²) in [6.07, 6.45) is 2.38. The first-order chi connectivity index (χ1) is 7.72. The van der Waals surface area contributed by atoms with Gasteiger partial charge in [-0.1, -0.05) is 0 Å². The molecule has 1 saturated carbocycles. The van der Waals surface area contributed by atoms with Crippen LogP contribution in [0, 0.1) is 17.2 Å². The fraction of sp³-hybridized carbons (Fsp3) is 0.917. The molecule has 2 aliphatic rings. The third-order valence-corrected chi connectivity index (χ3v) is 3.88. The maximum atomic E-state index is 9.43. The Balaban J connectivity index is 2.02. The summed E-state index contributed by atoms with van der Waals surface area (Å²) >= 11 is 0. The Kier molecular flexibility index (Phi) is 3.48. The molecule has 16 heavy (non-hydrogen) atoms. The van der Waals surface area contributed by atoms with E-state index in [4.69, 9.17) is 4.74 Å². The van der Waals surface area contributed by atoms with Gasteiger partial charge in [-0.05, 0) is 32.7 Å². The Morgan fingerprint density at radius 1 is 1.56 bits per heavy atom. The first-order valence-electron chi connectivity index (χ1n) is 6.14. The molecule has 0 aromatic rings. The number of morpholine rings is 1. The van der Waals surface area contributed by atoms with Crippen molar-refractivity contribution in [3.8, 4) is 6.07 Å². The minimum atomic E-state index is -0.342. The summed E-state index contributed by atoms with van der Waals surface area (Å²) in [5, 5.41) is 12.7. The van der Waals surface area contributed by atoms with E-state index < -0.39 is 0 Å². The van der Waals surface area contributed by atoms with E-state index in [0.717, 1.165) is 26.3 Å². The van der Waals surface area contributed by atoms with Gasteiger partial charge >= 0.3 is 0 Å². The van der Waals surface area contributed by atoms with Crippen molar-refractivity contribution >= 4 is 0 Å². The molecule has 1 N–H and O–H groups in total. The van der Waals surface area contributed by atoms with Gasteiger partial charge in [-0.15, -0.1) is 0 Å². The van der Waals surface area contributed by atoms with Gasteiger partial charge in [-0.25, -0.2) is 0 Å². The van der Waals surface area contributed by atoms with Gasteiger partial charge in [0.25, 0.3) is 0 Å². The van der Waals surface area contributed by atoms with Crippen LogP contribution in [0.4, 0.5) is 0 Å². The lowest BCUT2D eigenvalue weighted by Gasteiger charge is -2.39. The molecule has 2 unspecified atom stereocenters. The van der Waals surface area contributed by atoms with Gasteiger partial charge in [0.05, 0.1) is 19.3 Å². The summed E-state index contributed by atoms with van der Waals surface area (Å²) in [7, 11) is 1.91. The lowest BCUT2D eigenvalue weighted by Crippen LogP contribution is -2.57. The van der Waals surface area contributed by atoms with Crippen LogP contribution in [0.3, 0.4) is 0 Å². The van der Waals surface area contributed by atoms with Gasteiger partial charge in [-0.2, -0.15) is 5.26 Å². The Hall–Kier alpha value is -0.630. The van der Waals surface area contributed by atoms with Gasteiger partial charge in [0.15, 0.2) is 0 Å². The summed E-state index contributed by atoms with van der Waals surface area (Å²) in [4.78, 5) is 2.38. The van der Waals surface area contributed by atoms with Crippen LogP contribution in [0.25, 0.3) is 0 Å². The zero-order valence-electron chi connectivity index (χ0n) is 10.2. The SMILES string of the molecule is CNC(C#N)(CN1CCOCC1C)C1CC1. The van der Waals surface area contributed by atoms with Crippen LogP contribution in [0.1, 0.15) is 19.8 Å². The van der Waals surface area contributed by atoms with Gasteiger partial charge in [-0.3, -0.25) is 4.90 Å². The van der Waals surface area contributed by atoms with E-state index in [1.165, 1.54) is 12.8 Å². The van der Waals surface area contributed by atoms with Crippen LogP contribution in [-0.2, 0) is 4.74 Å². The molecule has 1 aliphatic heterocycles. The van der Waals surface area contributed by atoms with Crippen molar-refractivity contribution < 1.29 is 4.74 Å². The standard InChI is InChI=1S/C12H21N3O/c1-10-7-16-6-5-15(10)9-12(8-13,14-2)11-3-4-11/h10-11,14H,3-7,9H2,1-2H3. The Bertz CT molecular complexity index is 284. The second kappa shape index (κ2) is 4.70. The Morgan fingerprint density at radius 3 is 2.81 bits per heavy atom. The quantitative estimate of drug-likeness (QED) is 0.758. The zero-order chi connectivity index (χ0) is 11.6. The van der Waals surface area contributed by atoms with Gasteiger partial charge in [0, 0.05) is 19.1 Å². The molecule has 2 fully saturated rings. The van der Waals surface area contributed by atoms with Crippen molar-refractivity contribution in [2.24, 2.45) is 5.92 Å². The molecule has 0 aromatic heterocycles. The van der Waals surface area contributed by atoms with Gasteiger partial charge in [0.1, 0.15) is 5.54 Å². The molecule has 1 saturated heterocycles. The molecule has 0 radical (unpaired) electrons. The predicted molar refractivity (Wildman–Crippen MR) is 62.0 cm³/mol. The van der Waals surface area contributed by atoms with Gasteiger partial charge in [0.2, 0.25) is 0 Å². The Labute approximate surface area is 97.6 Å². The van der Waals surface area contributed by atoms with E-state index >= 15 is 0 Å². The van der Waals surface area contributed by atoms with Crippen LogP contribution in [-0.4, -0.2) is 49.8 Å². The van der Waals surface area contributed by atoms with Crippen LogP contribution >= 0.6 is 0 Å². The summed E-state index contributed by atoms with van der Waals surface area (Å²) in [5.41, 5.74) is -0.342. The van der Waals surface area contributed by atoms with Crippen LogP contribution in [0.5, 0.6) is 0 Å². The average Bonchev–Trinajstić information content (AvgIpc) is 3.13. The minimum Gasteiger partial charge on any atom is -0.379 e.